The molecule has 0 aliphatic carbocycles. The van der Waals surface area contributed by atoms with Gasteiger partial charge in [-0.05, 0) is 60.2 Å². The van der Waals surface area contributed by atoms with Crippen LogP contribution in [0.3, 0.4) is 0 Å². The molecular formula is C27H21Cl2FN4O4. The van der Waals surface area contributed by atoms with E-state index < -0.39 is 22.0 Å². The van der Waals surface area contributed by atoms with Crippen LogP contribution in [0.15, 0.2) is 71.5 Å². The number of piperazine rings is 1. The van der Waals surface area contributed by atoms with E-state index in [1.807, 2.05) is 0 Å². The molecule has 1 fully saturated rings. The number of halogens is 3. The molecular weight excluding hydrogens is 534 g/mol. The minimum atomic E-state index is -0.774. The predicted octanol–water partition coefficient (Wildman–Crippen LogP) is 5.37. The lowest BCUT2D eigenvalue weighted by molar-refractivity contribution is -0.385. The number of carbonyl (C=O) groups excluding carboxylic acids is 1. The first-order chi connectivity index (χ1) is 18.2. The summed E-state index contributed by atoms with van der Waals surface area (Å²) in [5.41, 5.74) is 0.397. The smallest absolute Gasteiger partial charge is 0.357 e. The Kier molecular flexibility index (Phi) is 7.05. The SMILES string of the molecule is O=C(c1ccc(Cl)cc1)N1CCN(c2c([N+](=O)[O-])c(=O)n(Cc3ccc(F)cc3)c3ccc(Cl)cc23)CC1. The zero-order valence-electron chi connectivity index (χ0n) is 19.9. The molecule has 0 atom stereocenters. The van der Waals surface area contributed by atoms with Crippen molar-refractivity contribution in [3.05, 3.63) is 114 Å². The molecule has 1 saturated heterocycles. The van der Waals surface area contributed by atoms with Gasteiger partial charge in [0.1, 0.15) is 11.5 Å². The van der Waals surface area contributed by atoms with Crippen molar-refractivity contribution < 1.29 is 14.1 Å². The van der Waals surface area contributed by atoms with E-state index in [9.17, 15) is 24.1 Å². The monoisotopic (exact) mass is 554 g/mol. The molecule has 8 nitrogen and oxygen atoms in total. The number of aromatic nitrogens is 1. The Balaban J connectivity index is 1.54. The van der Waals surface area contributed by atoms with Crippen molar-refractivity contribution >= 4 is 51.4 Å². The molecule has 0 unspecified atom stereocenters. The van der Waals surface area contributed by atoms with E-state index in [2.05, 4.69) is 0 Å². The van der Waals surface area contributed by atoms with Gasteiger partial charge >= 0.3 is 11.2 Å². The molecule has 38 heavy (non-hydrogen) atoms. The van der Waals surface area contributed by atoms with Crippen molar-refractivity contribution in [1.82, 2.24) is 9.47 Å². The molecule has 1 aliphatic rings. The molecule has 1 amide bonds. The molecule has 0 radical (unpaired) electrons. The number of anilines is 1. The van der Waals surface area contributed by atoms with Gasteiger partial charge in [0.25, 0.3) is 5.91 Å². The number of rotatable bonds is 5. The topological polar surface area (TPSA) is 88.7 Å². The highest BCUT2D eigenvalue weighted by Crippen LogP contribution is 2.36. The summed E-state index contributed by atoms with van der Waals surface area (Å²) in [6, 6.07) is 17.1. The fourth-order valence-corrected chi connectivity index (χ4v) is 5.02. The van der Waals surface area contributed by atoms with Gasteiger partial charge in [0.15, 0.2) is 0 Å². The Morgan fingerprint density at radius 1 is 0.921 bits per heavy atom. The number of nitro groups is 1. The van der Waals surface area contributed by atoms with Crippen molar-refractivity contribution in [3.8, 4) is 0 Å². The molecule has 11 heteroatoms. The van der Waals surface area contributed by atoms with Gasteiger partial charge in [-0.2, -0.15) is 0 Å². The first-order valence-corrected chi connectivity index (χ1v) is 12.5. The molecule has 0 spiro atoms. The first-order valence-electron chi connectivity index (χ1n) is 11.8. The molecule has 1 aromatic heterocycles. The zero-order chi connectivity index (χ0) is 27.0. The molecule has 0 N–H and O–H groups in total. The van der Waals surface area contributed by atoms with Gasteiger partial charge in [-0.1, -0.05) is 35.3 Å². The standard InChI is InChI=1S/C27H21Cl2FN4O4/c28-19-5-3-18(4-6-19)26(35)32-13-11-31(12-14-32)24-22-15-20(29)7-10-23(22)33(27(36)25(24)34(37)38)16-17-1-8-21(30)9-2-17/h1-10,15H,11-14,16H2. The Morgan fingerprint density at radius 3 is 2.18 bits per heavy atom. The van der Waals surface area contributed by atoms with Gasteiger partial charge in [-0.3, -0.25) is 24.3 Å². The quantitative estimate of drug-likeness (QED) is 0.244. The lowest BCUT2D eigenvalue weighted by Crippen LogP contribution is -2.49. The van der Waals surface area contributed by atoms with E-state index >= 15 is 0 Å². The van der Waals surface area contributed by atoms with E-state index in [1.54, 1.807) is 52.3 Å². The van der Waals surface area contributed by atoms with Crippen molar-refractivity contribution in [1.29, 1.82) is 0 Å². The lowest BCUT2D eigenvalue weighted by atomic mass is 10.1. The highest BCUT2D eigenvalue weighted by atomic mass is 35.5. The summed E-state index contributed by atoms with van der Waals surface area (Å²) >= 11 is 12.2. The van der Waals surface area contributed by atoms with Gasteiger partial charge in [-0.15, -0.1) is 0 Å². The number of hydrogen-bond donors (Lipinski definition) is 0. The van der Waals surface area contributed by atoms with Gasteiger partial charge < -0.3 is 9.80 Å². The van der Waals surface area contributed by atoms with Crippen LogP contribution < -0.4 is 10.5 Å². The van der Waals surface area contributed by atoms with Gasteiger partial charge in [0.05, 0.1) is 17.0 Å². The van der Waals surface area contributed by atoms with E-state index in [-0.39, 0.29) is 31.2 Å². The fourth-order valence-electron chi connectivity index (χ4n) is 4.72. The third kappa shape index (κ3) is 4.94. The fraction of sp³-hybridized carbons (Fsp3) is 0.185. The summed E-state index contributed by atoms with van der Waals surface area (Å²) < 4.78 is 14.7. The summed E-state index contributed by atoms with van der Waals surface area (Å²) in [4.78, 5) is 41.5. The number of benzene rings is 3. The summed E-state index contributed by atoms with van der Waals surface area (Å²) in [6.45, 7) is 1.19. The van der Waals surface area contributed by atoms with Crippen LogP contribution >= 0.6 is 23.2 Å². The second kappa shape index (κ2) is 10.4. The summed E-state index contributed by atoms with van der Waals surface area (Å²) in [7, 11) is 0. The first kappa shape index (κ1) is 25.7. The molecule has 0 bridgehead atoms. The van der Waals surface area contributed by atoms with Gasteiger partial charge in [0, 0.05) is 47.2 Å². The Hall–Kier alpha value is -3.95. The second-order valence-electron chi connectivity index (χ2n) is 8.92. The number of amides is 1. The second-order valence-corrected chi connectivity index (χ2v) is 9.79. The van der Waals surface area contributed by atoms with Crippen molar-refractivity contribution in [3.63, 3.8) is 0 Å². The molecule has 194 valence electrons. The van der Waals surface area contributed by atoms with Gasteiger partial charge in [0.2, 0.25) is 0 Å². The maximum absolute atomic E-state index is 13.5. The largest absolute Gasteiger partial charge is 0.362 e. The molecule has 1 aliphatic heterocycles. The third-order valence-corrected chi connectivity index (χ3v) is 7.07. The van der Waals surface area contributed by atoms with E-state index in [0.29, 0.717) is 45.2 Å². The number of fused-ring (bicyclic) bond motifs is 1. The molecule has 4 aromatic rings. The molecule has 2 heterocycles. The van der Waals surface area contributed by atoms with Crippen LogP contribution in [0.1, 0.15) is 15.9 Å². The Morgan fingerprint density at radius 2 is 1.55 bits per heavy atom. The highest BCUT2D eigenvalue weighted by molar-refractivity contribution is 6.31. The number of nitrogens with zero attached hydrogens (tertiary/aromatic N) is 4. The van der Waals surface area contributed by atoms with Crippen LogP contribution in [-0.4, -0.2) is 46.5 Å². The minimum absolute atomic E-state index is 0.0156. The summed E-state index contributed by atoms with van der Waals surface area (Å²) in [6.07, 6.45) is 0. The van der Waals surface area contributed by atoms with Crippen molar-refractivity contribution in [2.75, 3.05) is 31.1 Å². The van der Waals surface area contributed by atoms with Crippen LogP contribution in [0.4, 0.5) is 15.8 Å². The van der Waals surface area contributed by atoms with Crippen LogP contribution in [-0.2, 0) is 6.54 Å². The average Bonchev–Trinajstić information content (AvgIpc) is 2.91. The minimum Gasteiger partial charge on any atom is -0.362 e. The molecule has 0 saturated carbocycles. The Bertz CT molecular complexity index is 1600. The van der Waals surface area contributed by atoms with Crippen molar-refractivity contribution in [2.24, 2.45) is 0 Å². The lowest BCUT2D eigenvalue weighted by Gasteiger charge is -2.36. The van der Waals surface area contributed by atoms with Crippen molar-refractivity contribution in [2.45, 2.75) is 6.54 Å². The number of hydrogen-bond acceptors (Lipinski definition) is 5. The van der Waals surface area contributed by atoms with Crippen LogP contribution in [0.5, 0.6) is 0 Å². The maximum atomic E-state index is 13.5. The van der Waals surface area contributed by atoms with E-state index in [0.717, 1.165) is 0 Å². The van der Waals surface area contributed by atoms with E-state index in [4.69, 9.17) is 23.2 Å². The van der Waals surface area contributed by atoms with Crippen LogP contribution in [0, 0.1) is 15.9 Å². The molecule has 5 rings (SSSR count). The third-order valence-electron chi connectivity index (χ3n) is 6.59. The summed E-state index contributed by atoms with van der Waals surface area (Å²) in [5, 5.41) is 13.6. The van der Waals surface area contributed by atoms with Crippen LogP contribution in [0.25, 0.3) is 10.9 Å². The highest BCUT2D eigenvalue weighted by Gasteiger charge is 2.32. The molecule has 3 aromatic carbocycles. The average molecular weight is 555 g/mol. The number of pyridine rings is 1. The maximum Gasteiger partial charge on any atom is 0.357 e. The Labute approximate surface area is 226 Å². The predicted molar refractivity (Wildman–Crippen MR) is 145 cm³/mol. The van der Waals surface area contributed by atoms with Crippen LogP contribution in [0.2, 0.25) is 10.0 Å². The van der Waals surface area contributed by atoms with Gasteiger partial charge in [-0.25, -0.2) is 4.39 Å². The number of carbonyl (C=O) groups is 1. The van der Waals surface area contributed by atoms with E-state index in [1.165, 1.54) is 28.8 Å². The summed E-state index contributed by atoms with van der Waals surface area (Å²) in [5.74, 6) is -0.591. The zero-order valence-corrected chi connectivity index (χ0v) is 21.5. The normalized spacial score (nSPS) is 13.7.